The smallest absolute Gasteiger partial charge is 0.335 e. The van der Waals surface area contributed by atoms with E-state index in [0.717, 1.165) is 0 Å². The van der Waals surface area contributed by atoms with Crippen molar-refractivity contribution in [2.24, 2.45) is 0 Å². The summed E-state index contributed by atoms with van der Waals surface area (Å²) in [6, 6.07) is 15.3. The Bertz CT molecular complexity index is 1250. The second kappa shape index (κ2) is 7.20. The predicted molar refractivity (Wildman–Crippen MR) is 105 cm³/mol. The lowest BCUT2D eigenvalue weighted by Crippen LogP contribution is -2.18. The number of nitrogens with zero attached hydrogens (tertiary/aromatic N) is 1. The molecule has 0 saturated carbocycles. The summed E-state index contributed by atoms with van der Waals surface area (Å²) >= 11 is 0. The summed E-state index contributed by atoms with van der Waals surface area (Å²) in [6.07, 6.45) is 0. The van der Waals surface area contributed by atoms with Crippen molar-refractivity contribution in [1.82, 2.24) is 10.3 Å². The Balaban J connectivity index is 1.92. The van der Waals surface area contributed by atoms with Crippen molar-refractivity contribution in [3.63, 3.8) is 0 Å². The van der Waals surface area contributed by atoms with Crippen LogP contribution in [0.4, 0.5) is 4.39 Å². The van der Waals surface area contributed by atoms with E-state index in [4.69, 9.17) is 4.42 Å². The Morgan fingerprint density at radius 3 is 2.48 bits per heavy atom. The van der Waals surface area contributed by atoms with Crippen LogP contribution in [0, 0.1) is 5.82 Å². The van der Waals surface area contributed by atoms with E-state index in [-0.39, 0.29) is 16.9 Å². The van der Waals surface area contributed by atoms with Gasteiger partial charge in [0.25, 0.3) is 5.91 Å². The molecular weight excluding hydrogens is 375 g/mol. The topological polar surface area (TPSA) is 92.4 Å². The molecule has 4 rings (SSSR count). The fourth-order valence-electron chi connectivity index (χ4n) is 3.09. The van der Waals surface area contributed by atoms with Crippen LogP contribution in [0.5, 0.6) is 0 Å². The molecule has 0 saturated heterocycles. The SMILES string of the molecule is CNC(=O)c1c(-c2ccc(F)cc2)oc2ccc(-c3cccc(C(=O)O)c3)nc12. The van der Waals surface area contributed by atoms with E-state index in [1.807, 2.05) is 0 Å². The molecule has 29 heavy (non-hydrogen) atoms. The molecule has 0 aliphatic carbocycles. The number of benzene rings is 2. The van der Waals surface area contributed by atoms with Gasteiger partial charge in [0.1, 0.15) is 22.7 Å². The lowest BCUT2D eigenvalue weighted by molar-refractivity contribution is 0.0696. The number of carbonyl (C=O) groups excluding carboxylic acids is 1. The van der Waals surface area contributed by atoms with E-state index >= 15 is 0 Å². The third-order valence-electron chi connectivity index (χ3n) is 4.50. The average Bonchev–Trinajstić information content (AvgIpc) is 3.12. The largest absolute Gasteiger partial charge is 0.478 e. The van der Waals surface area contributed by atoms with Gasteiger partial charge < -0.3 is 14.8 Å². The highest BCUT2D eigenvalue weighted by atomic mass is 19.1. The summed E-state index contributed by atoms with van der Waals surface area (Å²) in [5, 5.41) is 11.8. The lowest BCUT2D eigenvalue weighted by Gasteiger charge is -2.04. The summed E-state index contributed by atoms with van der Waals surface area (Å²) in [7, 11) is 1.50. The van der Waals surface area contributed by atoms with E-state index in [0.29, 0.717) is 27.9 Å². The molecule has 1 amide bonds. The number of carboxylic acid groups (broad SMARTS) is 1. The summed E-state index contributed by atoms with van der Waals surface area (Å²) in [5.41, 5.74) is 2.72. The van der Waals surface area contributed by atoms with Crippen LogP contribution in [-0.2, 0) is 0 Å². The minimum absolute atomic E-state index is 0.134. The van der Waals surface area contributed by atoms with E-state index in [1.165, 1.54) is 43.4 Å². The maximum atomic E-state index is 13.3. The normalized spacial score (nSPS) is 10.8. The molecule has 2 aromatic heterocycles. The number of amides is 1. The van der Waals surface area contributed by atoms with E-state index in [1.54, 1.807) is 24.3 Å². The molecule has 0 unspecified atom stereocenters. The maximum absolute atomic E-state index is 13.3. The lowest BCUT2D eigenvalue weighted by atomic mass is 10.1. The highest BCUT2D eigenvalue weighted by molar-refractivity contribution is 6.10. The first-order valence-corrected chi connectivity index (χ1v) is 8.73. The molecule has 4 aromatic rings. The Morgan fingerprint density at radius 2 is 1.79 bits per heavy atom. The Morgan fingerprint density at radius 1 is 1.03 bits per heavy atom. The number of rotatable bonds is 4. The van der Waals surface area contributed by atoms with Crippen molar-refractivity contribution in [1.29, 1.82) is 0 Å². The van der Waals surface area contributed by atoms with E-state index in [2.05, 4.69) is 10.3 Å². The van der Waals surface area contributed by atoms with Gasteiger partial charge in [-0.1, -0.05) is 12.1 Å². The Kier molecular flexibility index (Phi) is 4.56. The van der Waals surface area contributed by atoms with Crippen LogP contribution in [0.25, 0.3) is 33.7 Å². The van der Waals surface area contributed by atoms with Crippen molar-refractivity contribution in [3.05, 3.63) is 77.6 Å². The average molecular weight is 390 g/mol. The number of furan rings is 1. The van der Waals surface area contributed by atoms with Crippen molar-refractivity contribution < 1.29 is 23.5 Å². The summed E-state index contributed by atoms with van der Waals surface area (Å²) in [5.74, 6) is -1.55. The van der Waals surface area contributed by atoms with Crippen LogP contribution in [0.3, 0.4) is 0 Å². The standard InChI is InChI=1S/C22H15FN2O4/c1-24-21(26)18-19-17(29-20(18)12-5-7-15(23)8-6-12)10-9-16(25-19)13-3-2-4-14(11-13)22(27)28/h2-11H,1H3,(H,24,26)(H,27,28). The summed E-state index contributed by atoms with van der Waals surface area (Å²) in [4.78, 5) is 28.4. The molecule has 2 N–H and O–H groups in total. The molecule has 0 spiro atoms. The van der Waals surface area contributed by atoms with Gasteiger partial charge in [-0.2, -0.15) is 0 Å². The quantitative estimate of drug-likeness (QED) is 0.540. The first kappa shape index (κ1) is 18.4. The van der Waals surface area contributed by atoms with Gasteiger partial charge in [-0.3, -0.25) is 4.79 Å². The van der Waals surface area contributed by atoms with Gasteiger partial charge in [0.05, 0.1) is 11.3 Å². The first-order chi connectivity index (χ1) is 14.0. The zero-order chi connectivity index (χ0) is 20.5. The molecule has 144 valence electrons. The van der Waals surface area contributed by atoms with Gasteiger partial charge in [-0.15, -0.1) is 0 Å². The fraction of sp³-hybridized carbons (Fsp3) is 0.0455. The molecule has 6 nitrogen and oxygen atoms in total. The van der Waals surface area contributed by atoms with Crippen LogP contribution in [-0.4, -0.2) is 29.0 Å². The molecule has 7 heteroatoms. The number of hydrogen-bond donors (Lipinski definition) is 2. The first-order valence-electron chi connectivity index (χ1n) is 8.73. The molecule has 0 aliphatic heterocycles. The highest BCUT2D eigenvalue weighted by Gasteiger charge is 2.23. The van der Waals surface area contributed by atoms with Crippen molar-refractivity contribution >= 4 is 23.0 Å². The number of carboxylic acids is 1. The molecule has 2 aromatic carbocycles. The van der Waals surface area contributed by atoms with Gasteiger partial charge in [0.15, 0.2) is 5.58 Å². The van der Waals surface area contributed by atoms with Gasteiger partial charge in [-0.25, -0.2) is 14.2 Å². The van der Waals surface area contributed by atoms with Gasteiger partial charge in [0, 0.05) is 18.2 Å². The summed E-state index contributed by atoms with van der Waals surface area (Å²) in [6.45, 7) is 0. The zero-order valence-corrected chi connectivity index (χ0v) is 15.3. The van der Waals surface area contributed by atoms with Crippen molar-refractivity contribution in [2.75, 3.05) is 7.05 Å². The van der Waals surface area contributed by atoms with Crippen LogP contribution < -0.4 is 5.32 Å². The Hall–Kier alpha value is -4.00. The third-order valence-corrected chi connectivity index (χ3v) is 4.50. The van der Waals surface area contributed by atoms with Crippen molar-refractivity contribution in [2.45, 2.75) is 0 Å². The minimum Gasteiger partial charge on any atom is -0.478 e. The molecule has 0 atom stereocenters. The monoisotopic (exact) mass is 390 g/mol. The molecule has 0 aliphatic rings. The van der Waals surface area contributed by atoms with Crippen LogP contribution >= 0.6 is 0 Å². The molecular formula is C22H15FN2O4. The van der Waals surface area contributed by atoms with Gasteiger partial charge in [0.2, 0.25) is 0 Å². The number of halogens is 1. The van der Waals surface area contributed by atoms with E-state index in [9.17, 15) is 19.1 Å². The second-order valence-electron chi connectivity index (χ2n) is 6.32. The fourth-order valence-corrected chi connectivity index (χ4v) is 3.09. The zero-order valence-electron chi connectivity index (χ0n) is 15.3. The van der Waals surface area contributed by atoms with Gasteiger partial charge >= 0.3 is 5.97 Å². The van der Waals surface area contributed by atoms with E-state index < -0.39 is 17.7 Å². The summed E-state index contributed by atoms with van der Waals surface area (Å²) < 4.78 is 19.2. The van der Waals surface area contributed by atoms with Crippen LogP contribution in [0.2, 0.25) is 0 Å². The molecule has 2 heterocycles. The maximum Gasteiger partial charge on any atom is 0.335 e. The van der Waals surface area contributed by atoms with Gasteiger partial charge in [-0.05, 0) is 48.5 Å². The van der Waals surface area contributed by atoms with Crippen molar-refractivity contribution in [3.8, 4) is 22.6 Å². The minimum atomic E-state index is -1.04. The van der Waals surface area contributed by atoms with Crippen LogP contribution in [0.1, 0.15) is 20.7 Å². The number of carbonyl (C=O) groups is 2. The number of pyridine rings is 1. The van der Waals surface area contributed by atoms with Crippen LogP contribution in [0.15, 0.2) is 65.1 Å². The molecule has 0 fully saturated rings. The number of aromatic carboxylic acids is 1. The predicted octanol–water partition coefficient (Wildman–Crippen LogP) is 4.36. The molecule has 0 radical (unpaired) electrons. The number of hydrogen-bond acceptors (Lipinski definition) is 4. The number of nitrogens with one attached hydrogen (secondary N) is 1. The number of aromatic nitrogens is 1. The third kappa shape index (κ3) is 3.34. The number of fused-ring (bicyclic) bond motifs is 1. The Labute approximate surface area is 164 Å². The highest BCUT2D eigenvalue weighted by Crippen LogP contribution is 2.34. The molecule has 0 bridgehead atoms. The second-order valence-corrected chi connectivity index (χ2v) is 6.32.